The molecule has 0 atom stereocenters. The summed E-state index contributed by atoms with van der Waals surface area (Å²) in [6, 6.07) is 0. The molecule has 0 unspecified atom stereocenters. The normalized spacial score (nSPS) is 6.12. The van der Waals surface area contributed by atoms with Gasteiger partial charge in [-0.3, -0.25) is 4.79 Å². The molecule has 0 aliphatic rings. The number of hydrazine groups is 1. The predicted octanol–water partition coefficient (Wildman–Crippen LogP) is -1.31. The van der Waals surface area contributed by atoms with E-state index in [1.807, 2.05) is 10.9 Å². The van der Waals surface area contributed by atoms with Crippen LogP contribution in [0.15, 0.2) is 0 Å². The first kappa shape index (κ1) is 10.6. The summed E-state index contributed by atoms with van der Waals surface area (Å²) in [4.78, 5) is 19.1. The average Bonchev–Trinajstić information content (AvgIpc) is 1.61. The number of carbonyl (C=O) groups is 1. The number of hydrogen-bond donors (Lipinski definition) is 2. The molecule has 0 aromatic heterocycles. The van der Waals surface area contributed by atoms with Crippen LogP contribution in [0.2, 0.25) is 0 Å². The summed E-state index contributed by atoms with van der Waals surface area (Å²) < 4.78 is 0. The molecule has 0 aliphatic carbocycles. The van der Waals surface area contributed by atoms with Crippen LogP contribution >= 0.6 is 0 Å². The Morgan fingerprint density at radius 1 is 1.62 bits per heavy atom. The topological polar surface area (TPSA) is 58.2 Å². The van der Waals surface area contributed by atoms with Crippen molar-refractivity contribution >= 4 is 12.3 Å². The first-order valence-corrected chi connectivity index (χ1v) is 1.66. The zero-order valence-corrected chi connectivity index (χ0v) is 7.16. The van der Waals surface area contributed by atoms with Crippen molar-refractivity contribution in [3.63, 3.8) is 0 Å². The number of carbonyl (C=O) groups excluding carboxylic acids is 2. The molecule has 0 radical (unpaired) electrons. The monoisotopic (exact) mass is 285 g/mol. The molecule has 0 bridgehead atoms. The maximum atomic E-state index is 9.85. The van der Waals surface area contributed by atoms with Crippen molar-refractivity contribution in [2.75, 3.05) is 0 Å². The largest absolute Gasteiger partial charge is 0.518 e. The van der Waals surface area contributed by atoms with E-state index in [9.17, 15) is 9.59 Å². The summed E-state index contributed by atoms with van der Waals surface area (Å²) in [6.45, 7) is 1.28. The quantitative estimate of drug-likeness (QED) is 0.376. The van der Waals surface area contributed by atoms with Gasteiger partial charge in [0, 0.05) is 28.0 Å². The summed E-state index contributed by atoms with van der Waals surface area (Å²) >= 11 is 0. The second kappa shape index (κ2) is 6.63. The van der Waals surface area contributed by atoms with Crippen molar-refractivity contribution in [1.29, 1.82) is 0 Å². The van der Waals surface area contributed by atoms with E-state index in [1.165, 1.54) is 13.3 Å². The van der Waals surface area contributed by atoms with Gasteiger partial charge < -0.3 is 15.6 Å². The molecule has 0 spiro atoms. The fourth-order valence-corrected chi connectivity index (χ4v) is 0.114. The SMILES string of the molecule is CC(=O)NN[C-]=O.[W]. The predicted molar refractivity (Wildman–Crippen MR) is 22.6 cm³/mol. The van der Waals surface area contributed by atoms with Crippen molar-refractivity contribution in [3.05, 3.63) is 0 Å². The zero-order valence-electron chi connectivity index (χ0n) is 4.22. The molecule has 0 saturated heterocycles. The van der Waals surface area contributed by atoms with Gasteiger partial charge in [-0.25, -0.2) is 0 Å². The molecule has 46 valence electrons. The summed E-state index contributed by atoms with van der Waals surface area (Å²) in [6.07, 6.45) is 1.27. The Balaban J connectivity index is 0. The van der Waals surface area contributed by atoms with Crippen LogP contribution in [0.4, 0.5) is 0 Å². The van der Waals surface area contributed by atoms with Gasteiger partial charge in [-0.2, -0.15) is 0 Å². The molecule has 4 nitrogen and oxygen atoms in total. The van der Waals surface area contributed by atoms with Gasteiger partial charge in [0.05, 0.1) is 0 Å². The van der Waals surface area contributed by atoms with Gasteiger partial charge in [0.15, 0.2) is 0 Å². The Labute approximate surface area is 61.3 Å². The maximum absolute atomic E-state index is 9.85. The Hall–Kier alpha value is -0.372. The van der Waals surface area contributed by atoms with Crippen LogP contribution in [0, 0.1) is 0 Å². The molecule has 0 heterocycles. The molecular weight excluding hydrogens is 280 g/mol. The molecule has 8 heavy (non-hydrogen) atoms. The van der Waals surface area contributed by atoms with Crippen molar-refractivity contribution in [3.8, 4) is 0 Å². The zero-order chi connectivity index (χ0) is 5.70. The minimum atomic E-state index is -0.316. The van der Waals surface area contributed by atoms with E-state index in [0.29, 0.717) is 0 Å². The van der Waals surface area contributed by atoms with Gasteiger partial charge in [0.25, 0.3) is 0 Å². The third-order valence-electron chi connectivity index (χ3n) is 0.290. The average molecular weight is 285 g/mol. The Morgan fingerprint density at radius 2 is 2.12 bits per heavy atom. The van der Waals surface area contributed by atoms with Gasteiger partial charge in [-0.05, 0) is 0 Å². The first-order chi connectivity index (χ1) is 3.27. The molecular formula is C3H5N2O2W-. The number of amides is 2. The van der Waals surface area contributed by atoms with Crippen LogP contribution < -0.4 is 10.9 Å². The third kappa shape index (κ3) is 9.16. The Morgan fingerprint density at radius 3 is 2.25 bits per heavy atom. The number of nitrogens with one attached hydrogen (secondary N) is 2. The van der Waals surface area contributed by atoms with Crippen molar-refractivity contribution < 1.29 is 30.7 Å². The smallest absolute Gasteiger partial charge is 0.232 e. The van der Waals surface area contributed by atoms with Gasteiger partial charge in [-0.15, -0.1) is 6.41 Å². The van der Waals surface area contributed by atoms with E-state index in [-0.39, 0.29) is 27.0 Å². The van der Waals surface area contributed by atoms with Gasteiger partial charge in [-0.1, -0.05) is 0 Å². The van der Waals surface area contributed by atoms with Gasteiger partial charge in [0.1, 0.15) is 0 Å². The molecule has 0 rings (SSSR count). The molecule has 0 fully saturated rings. The van der Waals surface area contributed by atoms with Crippen molar-refractivity contribution in [2.24, 2.45) is 0 Å². The standard InChI is InChI=1S/C3H5N2O2.W/c1-3(7)5-4-2-6;/h1H3,(H,4,6)(H,5,7);/q-1;. The molecule has 2 amide bonds. The van der Waals surface area contributed by atoms with Crippen LogP contribution in [-0.4, -0.2) is 12.3 Å². The second-order valence-electron chi connectivity index (χ2n) is 0.908. The van der Waals surface area contributed by atoms with E-state index < -0.39 is 0 Å². The van der Waals surface area contributed by atoms with Crippen molar-refractivity contribution in [1.82, 2.24) is 10.9 Å². The summed E-state index contributed by atoms with van der Waals surface area (Å²) in [5.41, 5.74) is 3.83. The van der Waals surface area contributed by atoms with Crippen molar-refractivity contribution in [2.45, 2.75) is 6.92 Å². The van der Waals surface area contributed by atoms with Gasteiger partial charge >= 0.3 is 0 Å². The maximum Gasteiger partial charge on any atom is 0.232 e. The van der Waals surface area contributed by atoms with E-state index in [4.69, 9.17) is 0 Å². The van der Waals surface area contributed by atoms with E-state index >= 15 is 0 Å². The molecule has 0 saturated carbocycles. The minimum Gasteiger partial charge on any atom is -0.518 e. The number of rotatable bonds is 2. The van der Waals surface area contributed by atoms with Crippen LogP contribution in [0.3, 0.4) is 0 Å². The number of hydrogen-bond acceptors (Lipinski definition) is 2. The molecule has 5 heteroatoms. The molecule has 0 aliphatic heterocycles. The second-order valence-corrected chi connectivity index (χ2v) is 0.908. The van der Waals surface area contributed by atoms with Crippen LogP contribution in [0.1, 0.15) is 6.92 Å². The fourth-order valence-electron chi connectivity index (χ4n) is 0.114. The minimum absolute atomic E-state index is 0. The van der Waals surface area contributed by atoms with Gasteiger partial charge in [0.2, 0.25) is 5.91 Å². The van der Waals surface area contributed by atoms with Crippen LogP contribution in [0.5, 0.6) is 0 Å². The first-order valence-electron chi connectivity index (χ1n) is 1.66. The third-order valence-corrected chi connectivity index (χ3v) is 0.290. The molecule has 0 aromatic rings. The van der Waals surface area contributed by atoms with E-state index in [1.54, 1.807) is 0 Å². The van der Waals surface area contributed by atoms with E-state index in [0.717, 1.165) is 0 Å². The summed E-state index contributed by atoms with van der Waals surface area (Å²) in [7, 11) is 0. The Kier molecular flexibility index (Phi) is 8.77. The van der Waals surface area contributed by atoms with Crippen LogP contribution in [-0.2, 0) is 30.7 Å². The molecule has 0 aromatic carbocycles. The summed E-state index contributed by atoms with van der Waals surface area (Å²) in [5.74, 6) is -0.316. The molecule has 2 N–H and O–H groups in total. The fraction of sp³-hybridized carbons (Fsp3) is 0.333. The Bertz CT molecular complexity index is 85.4. The van der Waals surface area contributed by atoms with E-state index in [2.05, 4.69) is 0 Å². The summed E-state index contributed by atoms with van der Waals surface area (Å²) in [5, 5.41) is 0. The van der Waals surface area contributed by atoms with Crippen LogP contribution in [0.25, 0.3) is 0 Å².